The van der Waals surface area contributed by atoms with Gasteiger partial charge in [-0.25, -0.2) is 0 Å². The lowest BCUT2D eigenvalue weighted by molar-refractivity contribution is 0.0943. The van der Waals surface area contributed by atoms with Gasteiger partial charge in [0.25, 0.3) is 5.91 Å². The minimum absolute atomic E-state index is 0.0860. The van der Waals surface area contributed by atoms with E-state index in [9.17, 15) is 4.79 Å². The van der Waals surface area contributed by atoms with Gasteiger partial charge in [-0.2, -0.15) is 0 Å². The Morgan fingerprint density at radius 1 is 1.23 bits per heavy atom. The van der Waals surface area contributed by atoms with Crippen LogP contribution in [0.15, 0.2) is 35.7 Å². The fraction of sp³-hybridized carbons (Fsp3) is 0.353. The molecule has 5 heteroatoms. The van der Waals surface area contributed by atoms with Crippen LogP contribution >= 0.6 is 34.5 Å². The predicted molar refractivity (Wildman–Crippen MR) is 93.3 cm³/mol. The molecule has 0 radical (unpaired) electrons. The number of carbonyl (C=O) groups is 1. The predicted octanol–water partition coefficient (Wildman–Crippen LogP) is 5.30. The maximum Gasteiger partial charge on any atom is 0.252 e. The van der Waals surface area contributed by atoms with Crippen LogP contribution in [-0.2, 0) is 5.41 Å². The number of halogens is 2. The lowest BCUT2D eigenvalue weighted by atomic mass is 9.84. The first-order valence-corrected chi connectivity index (χ1v) is 9.02. The first-order valence-electron chi connectivity index (χ1n) is 7.38. The Hall–Kier alpha value is -1.03. The quantitative estimate of drug-likeness (QED) is 0.793. The SMILES string of the molecule is O=C(NCC1(c2cccs2)CCCC1)c1ccc(Cl)cc1Cl. The minimum atomic E-state index is -0.135. The summed E-state index contributed by atoms with van der Waals surface area (Å²) in [5.74, 6) is -0.135. The maximum atomic E-state index is 12.4. The van der Waals surface area contributed by atoms with Crippen LogP contribution in [0.4, 0.5) is 0 Å². The summed E-state index contributed by atoms with van der Waals surface area (Å²) in [5.41, 5.74) is 0.563. The van der Waals surface area contributed by atoms with Gasteiger partial charge < -0.3 is 5.32 Å². The molecule has 1 amide bonds. The largest absolute Gasteiger partial charge is 0.351 e. The first kappa shape index (κ1) is 15.9. The summed E-state index contributed by atoms with van der Waals surface area (Å²) in [4.78, 5) is 13.8. The van der Waals surface area contributed by atoms with E-state index in [4.69, 9.17) is 23.2 Å². The van der Waals surface area contributed by atoms with Gasteiger partial charge in [0.1, 0.15) is 0 Å². The van der Waals surface area contributed by atoms with Gasteiger partial charge >= 0.3 is 0 Å². The van der Waals surface area contributed by atoms with E-state index >= 15 is 0 Å². The third-order valence-electron chi connectivity index (χ3n) is 4.37. The molecule has 3 rings (SSSR count). The van der Waals surface area contributed by atoms with Gasteiger partial charge in [-0.1, -0.05) is 42.1 Å². The summed E-state index contributed by atoms with van der Waals surface area (Å²) < 4.78 is 0. The molecule has 116 valence electrons. The highest BCUT2D eigenvalue weighted by Crippen LogP contribution is 2.42. The number of carbonyl (C=O) groups excluding carboxylic acids is 1. The molecule has 1 N–H and O–H groups in total. The van der Waals surface area contributed by atoms with Crippen LogP contribution in [0.5, 0.6) is 0 Å². The van der Waals surface area contributed by atoms with E-state index in [1.807, 2.05) is 0 Å². The molecule has 2 aromatic rings. The summed E-state index contributed by atoms with van der Waals surface area (Å²) in [7, 11) is 0. The molecule has 0 spiro atoms. The molecule has 1 saturated carbocycles. The first-order chi connectivity index (χ1) is 10.6. The van der Waals surface area contributed by atoms with Gasteiger partial charge in [-0.15, -0.1) is 11.3 Å². The summed E-state index contributed by atoms with van der Waals surface area (Å²) in [6.07, 6.45) is 4.69. The smallest absolute Gasteiger partial charge is 0.252 e. The molecule has 0 saturated heterocycles. The van der Waals surface area contributed by atoms with Gasteiger partial charge in [0, 0.05) is 21.9 Å². The fourth-order valence-corrected chi connectivity index (χ4v) is 4.64. The average Bonchev–Trinajstić information content (AvgIpc) is 3.17. The Bertz CT molecular complexity index is 663. The zero-order valence-corrected chi connectivity index (χ0v) is 14.4. The van der Waals surface area contributed by atoms with Gasteiger partial charge in [0.2, 0.25) is 0 Å². The Kier molecular flexibility index (Phi) is 4.76. The van der Waals surface area contributed by atoms with E-state index < -0.39 is 0 Å². The number of amides is 1. The summed E-state index contributed by atoms with van der Waals surface area (Å²) >= 11 is 13.8. The van der Waals surface area contributed by atoms with Crippen LogP contribution in [0, 0.1) is 0 Å². The van der Waals surface area contributed by atoms with Crippen molar-refractivity contribution in [3.63, 3.8) is 0 Å². The van der Waals surface area contributed by atoms with E-state index in [1.54, 1.807) is 29.5 Å². The average molecular weight is 354 g/mol. The Morgan fingerprint density at radius 2 is 2.00 bits per heavy atom. The van der Waals surface area contributed by atoms with Crippen molar-refractivity contribution in [2.75, 3.05) is 6.54 Å². The molecule has 0 atom stereocenters. The molecule has 1 aliphatic carbocycles. The minimum Gasteiger partial charge on any atom is -0.351 e. The number of nitrogens with one attached hydrogen (secondary N) is 1. The fourth-order valence-electron chi connectivity index (χ4n) is 3.16. The molecule has 1 aromatic heterocycles. The van der Waals surface area contributed by atoms with E-state index in [2.05, 4.69) is 22.8 Å². The molecule has 0 unspecified atom stereocenters. The van der Waals surface area contributed by atoms with Crippen LogP contribution in [-0.4, -0.2) is 12.5 Å². The zero-order valence-electron chi connectivity index (χ0n) is 12.1. The van der Waals surface area contributed by atoms with Crippen LogP contribution in [0.25, 0.3) is 0 Å². The van der Waals surface area contributed by atoms with Crippen molar-refractivity contribution in [1.29, 1.82) is 0 Å². The van der Waals surface area contributed by atoms with Crippen molar-refractivity contribution in [2.45, 2.75) is 31.1 Å². The normalized spacial score (nSPS) is 16.6. The van der Waals surface area contributed by atoms with E-state index in [0.717, 1.165) is 12.8 Å². The third kappa shape index (κ3) is 3.17. The Labute approximate surface area is 144 Å². The van der Waals surface area contributed by atoms with Crippen LogP contribution in [0.3, 0.4) is 0 Å². The van der Waals surface area contributed by atoms with Crippen molar-refractivity contribution in [2.24, 2.45) is 0 Å². The molecule has 22 heavy (non-hydrogen) atoms. The molecule has 1 fully saturated rings. The topological polar surface area (TPSA) is 29.1 Å². The number of hydrogen-bond donors (Lipinski definition) is 1. The second-order valence-electron chi connectivity index (χ2n) is 5.77. The highest BCUT2D eigenvalue weighted by molar-refractivity contribution is 7.10. The monoisotopic (exact) mass is 353 g/mol. The molecule has 1 aromatic carbocycles. The van der Waals surface area contributed by atoms with Crippen LogP contribution in [0.1, 0.15) is 40.9 Å². The van der Waals surface area contributed by atoms with Gasteiger partial charge in [0.15, 0.2) is 0 Å². The van der Waals surface area contributed by atoms with Crippen molar-refractivity contribution in [1.82, 2.24) is 5.32 Å². The van der Waals surface area contributed by atoms with Crippen LogP contribution in [0.2, 0.25) is 10.0 Å². The maximum absolute atomic E-state index is 12.4. The molecule has 1 aliphatic rings. The number of hydrogen-bond acceptors (Lipinski definition) is 2. The summed E-state index contributed by atoms with van der Waals surface area (Å²) in [5, 5.41) is 6.10. The number of rotatable bonds is 4. The van der Waals surface area contributed by atoms with Gasteiger partial charge in [-0.05, 0) is 42.5 Å². The standard InChI is InChI=1S/C17H17Cl2NOS/c18-12-5-6-13(14(19)10-12)16(21)20-11-17(7-1-2-8-17)15-4-3-9-22-15/h3-6,9-10H,1-2,7-8,11H2,(H,20,21). The van der Waals surface area contributed by atoms with E-state index in [0.29, 0.717) is 22.2 Å². The summed E-state index contributed by atoms with van der Waals surface area (Å²) in [6, 6.07) is 9.22. The second-order valence-corrected chi connectivity index (χ2v) is 7.56. The van der Waals surface area contributed by atoms with Crippen molar-refractivity contribution < 1.29 is 4.79 Å². The van der Waals surface area contributed by atoms with Crippen molar-refractivity contribution in [3.05, 3.63) is 56.2 Å². The summed E-state index contributed by atoms with van der Waals surface area (Å²) in [6.45, 7) is 0.658. The van der Waals surface area contributed by atoms with E-state index in [-0.39, 0.29) is 11.3 Å². The molecule has 0 aliphatic heterocycles. The molecular formula is C17H17Cl2NOS. The molecule has 1 heterocycles. The highest BCUT2D eigenvalue weighted by atomic mass is 35.5. The van der Waals surface area contributed by atoms with E-state index in [1.165, 1.54) is 17.7 Å². The lowest BCUT2D eigenvalue weighted by Gasteiger charge is -2.28. The van der Waals surface area contributed by atoms with Crippen molar-refractivity contribution in [3.8, 4) is 0 Å². The molecular weight excluding hydrogens is 337 g/mol. The highest BCUT2D eigenvalue weighted by Gasteiger charge is 2.36. The molecule has 0 bridgehead atoms. The van der Waals surface area contributed by atoms with Crippen LogP contribution < -0.4 is 5.32 Å². The number of benzene rings is 1. The third-order valence-corrected chi connectivity index (χ3v) is 6.03. The Balaban J connectivity index is 1.74. The lowest BCUT2D eigenvalue weighted by Crippen LogP contribution is -2.38. The van der Waals surface area contributed by atoms with Gasteiger partial charge in [-0.3, -0.25) is 4.79 Å². The van der Waals surface area contributed by atoms with Crippen molar-refractivity contribution >= 4 is 40.4 Å². The molecule has 2 nitrogen and oxygen atoms in total. The van der Waals surface area contributed by atoms with Gasteiger partial charge in [0.05, 0.1) is 10.6 Å². The number of thiophene rings is 1. The Morgan fingerprint density at radius 3 is 2.64 bits per heavy atom. The zero-order chi connectivity index (χ0) is 15.6. The second kappa shape index (κ2) is 6.61.